The van der Waals surface area contributed by atoms with Gasteiger partial charge in [-0.3, -0.25) is 0 Å². The molecule has 0 saturated heterocycles. The highest BCUT2D eigenvalue weighted by Crippen LogP contribution is 2.14. The number of pyridine rings is 2. The van der Waals surface area contributed by atoms with Crippen molar-refractivity contribution in [2.75, 3.05) is 0 Å². The van der Waals surface area contributed by atoms with E-state index < -0.39 is 0 Å². The van der Waals surface area contributed by atoms with Crippen molar-refractivity contribution in [2.45, 2.75) is 74.7 Å². The van der Waals surface area contributed by atoms with Crippen LogP contribution in [-0.2, 0) is 0 Å². The molecular formula is C24H39N5. The Bertz CT molecular complexity index is 856. The summed E-state index contributed by atoms with van der Waals surface area (Å²) in [5.74, 6) is 1.12. The first-order valence-corrected chi connectivity index (χ1v) is 10.3. The highest BCUT2D eigenvalue weighted by molar-refractivity contribution is 5.40. The van der Waals surface area contributed by atoms with Crippen LogP contribution in [0.1, 0.15) is 85.8 Å². The molecule has 0 aliphatic heterocycles. The summed E-state index contributed by atoms with van der Waals surface area (Å²) in [7, 11) is 0. The van der Waals surface area contributed by atoms with Crippen LogP contribution in [0.25, 0.3) is 11.3 Å². The molecule has 0 bridgehead atoms. The molecule has 0 aromatic carbocycles. The number of hydrogen-bond donors (Lipinski definition) is 0. The van der Waals surface area contributed by atoms with Crippen molar-refractivity contribution in [2.24, 2.45) is 0 Å². The average Bonchev–Trinajstić information content (AvgIpc) is 3.39. The van der Waals surface area contributed by atoms with Crippen LogP contribution >= 0.6 is 0 Å². The monoisotopic (exact) mass is 397 g/mol. The maximum absolute atomic E-state index is 4.18. The summed E-state index contributed by atoms with van der Waals surface area (Å²) in [6.45, 7) is 16.7. The minimum Gasteiger partial charge on any atom is -0.307 e. The standard InChI is InChI=1S/C10H12N2.C9H11N3.2C2H6.CH4/c1-8(2)9-3-4-10-11-5-6-12(10)7-9;1-7(2)8-3-4-9-10-6-11-12(9)5-8;2*1-2;/h3-8H,1-2H3;3-7H,1-2H3;2*1-2H3;1H4. The van der Waals surface area contributed by atoms with Crippen LogP contribution in [0.4, 0.5) is 0 Å². The van der Waals surface area contributed by atoms with E-state index in [0.717, 1.165) is 11.3 Å². The van der Waals surface area contributed by atoms with Crippen LogP contribution in [0.2, 0.25) is 0 Å². The molecule has 0 atom stereocenters. The molecule has 4 aromatic heterocycles. The molecule has 0 amide bonds. The van der Waals surface area contributed by atoms with E-state index in [9.17, 15) is 0 Å². The molecule has 4 rings (SSSR count). The topological polar surface area (TPSA) is 47.5 Å². The highest BCUT2D eigenvalue weighted by atomic mass is 15.3. The molecule has 0 fully saturated rings. The third-order valence-corrected chi connectivity index (χ3v) is 4.04. The maximum Gasteiger partial charge on any atom is 0.155 e. The van der Waals surface area contributed by atoms with Gasteiger partial charge in [-0.1, -0.05) is 74.9 Å². The fourth-order valence-electron chi connectivity index (χ4n) is 2.45. The van der Waals surface area contributed by atoms with Gasteiger partial charge in [-0.15, -0.1) is 0 Å². The molecule has 0 unspecified atom stereocenters. The lowest BCUT2D eigenvalue weighted by molar-refractivity contribution is 0.835. The Labute approximate surface area is 176 Å². The maximum atomic E-state index is 4.18. The Morgan fingerprint density at radius 3 is 1.86 bits per heavy atom. The van der Waals surface area contributed by atoms with Crippen molar-refractivity contribution < 1.29 is 0 Å². The van der Waals surface area contributed by atoms with E-state index in [1.807, 2.05) is 52.4 Å². The van der Waals surface area contributed by atoms with E-state index in [1.165, 1.54) is 11.1 Å². The second-order valence-electron chi connectivity index (χ2n) is 6.49. The van der Waals surface area contributed by atoms with Gasteiger partial charge in [-0.25, -0.2) is 14.5 Å². The largest absolute Gasteiger partial charge is 0.307 e. The quantitative estimate of drug-likeness (QED) is 0.366. The zero-order chi connectivity index (χ0) is 21.1. The van der Waals surface area contributed by atoms with Crippen LogP contribution in [0.3, 0.4) is 0 Å². The van der Waals surface area contributed by atoms with E-state index in [1.54, 1.807) is 10.8 Å². The van der Waals surface area contributed by atoms with Crippen LogP contribution < -0.4 is 0 Å². The Morgan fingerprint density at radius 1 is 0.724 bits per heavy atom. The van der Waals surface area contributed by atoms with Gasteiger partial charge in [-0.2, -0.15) is 5.10 Å². The summed E-state index contributed by atoms with van der Waals surface area (Å²) in [4.78, 5) is 8.25. The predicted molar refractivity (Wildman–Crippen MR) is 126 cm³/mol. The van der Waals surface area contributed by atoms with Crippen LogP contribution in [0.5, 0.6) is 0 Å². The summed E-state index contributed by atoms with van der Waals surface area (Å²) in [5.41, 5.74) is 4.55. The van der Waals surface area contributed by atoms with Crippen molar-refractivity contribution in [3.8, 4) is 0 Å². The van der Waals surface area contributed by atoms with Gasteiger partial charge in [0.05, 0.1) is 0 Å². The van der Waals surface area contributed by atoms with Gasteiger partial charge in [0.25, 0.3) is 0 Å². The summed E-state index contributed by atoms with van der Waals surface area (Å²) < 4.78 is 3.85. The molecule has 160 valence electrons. The van der Waals surface area contributed by atoms with Crippen molar-refractivity contribution >= 4 is 11.3 Å². The van der Waals surface area contributed by atoms with Crippen molar-refractivity contribution in [1.82, 2.24) is 24.0 Å². The van der Waals surface area contributed by atoms with E-state index in [2.05, 4.69) is 71.6 Å². The SMILES string of the molecule is C.CC.CC.CC(C)c1ccc2nccn2c1.CC(C)c1ccc2ncnn2c1. The summed E-state index contributed by atoms with van der Waals surface area (Å²) in [5, 5.41) is 4.07. The molecule has 5 heteroatoms. The van der Waals surface area contributed by atoms with Gasteiger partial charge in [0.1, 0.15) is 12.0 Å². The number of aromatic nitrogens is 5. The second kappa shape index (κ2) is 13.5. The molecule has 29 heavy (non-hydrogen) atoms. The predicted octanol–water partition coefficient (Wildman–Crippen LogP) is 7.00. The third-order valence-electron chi connectivity index (χ3n) is 4.04. The average molecular weight is 398 g/mol. The molecule has 0 spiro atoms. The lowest BCUT2D eigenvalue weighted by atomic mass is 10.1. The fourth-order valence-corrected chi connectivity index (χ4v) is 2.45. The first-order valence-electron chi connectivity index (χ1n) is 10.3. The molecule has 4 heterocycles. The van der Waals surface area contributed by atoms with E-state index in [-0.39, 0.29) is 7.43 Å². The first kappa shape index (κ1) is 26.3. The lowest BCUT2D eigenvalue weighted by Gasteiger charge is -2.04. The first-order chi connectivity index (χ1) is 13.5. The molecular weight excluding hydrogens is 358 g/mol. The highest BCUT2D eigenvalue weighted by Gasteiger charge is 2.01. The van der Waals surface area contributed by atoms with Gasteiger partial charge in [0, 0.05) is 24.8 Å². The van der Waals surface area contributed by atoms with Crippen molar-refractivity contribution in [3.63, 3.8) is 0 Å². The normalized spacial score (nSPS) is 9.72. The zero-order valence-electron chi connectivity index (χ0n) is 18.6. The van der Waals surface area contributed by atoms with E-state index in [0.29, 0.717) is 11.8 Å². The van der Waals surface area contributed by atoms with Crippen molar-refractivity contribution in [1.29, 1.82) is 0 Å². The number of rotatable bonds is 2. The second-order valence-corrected chi connectivity index (χ2v) is 6.49. The number of imidazole rings is 1. The summed E-state index contributed by atoms with van der Waals surface area (Å²) in [6.07, 6.45) is 9.51. The molecule has 5 nitrogen and oxygen atoms in total. The minimum atomic E-state index is 0. The van der Waals surface area contributed by atoms with Gasteiger partial charge in [0.15, 0.2) is 5.65 Å². The number of nitrogens with zero attached hydrogens (tertiary/aromatic N) is 5. The van der Waals surface area contributed by atoms with E-state index >= 15 is 0 Å². The van der Waals surface area contributed by atoms with Crippen LogP contribution in [0.15, 0.2) is 55.4 Å². The van der Waals surface area contributed by atoms with Crippen LogP contribution in [-0.4, -0.2) is 24.0 Å². The van der Waals surface area contributed by atoms with Crippen molar-refractivity contribution in [3.05, 3.63) is 66.5 Å². The molecule has 0 N–H and O–H groups in total. The molecule has 0 radical (unpaired) electrons. The van der Waals surface area contributed by atoms with Gasteiger partial charge in [-0.05, 0) is 35.1 Å². The van der Waals surface area contributed by atoms with Gasteiger partial charge < -0.3 is 4.40 Å². The van der Waals surface area contributed by atoms with Crippen LogP contribution in [0, 0.1) is 0 Å². The third kappa shape index (κ3) is 7.33. The Balaban J connectivity index is 0.000000449. The van der Waals surface area contributed by atoms with Gasteiger partial charge in [0.2, 0.25) is 0 Å². The van der Waals surface area contributed by atoms with E-state index in [4.69, 9.17) is 0 Å². The smallest absolute Gasteiger partial charge is 0.155 e. The minimum absolute atomic E-state index is 0. The fraction of sp³-hybridized carbons (Fsp3) is 0.458. The molecule has 0 aliphatic carbocycles. The van der Waals surface area contributed by atoms with Gasteiger partial charge >= 0.3 is 0 Å². The number of fused-ring (bicyclic) bond motifs is 2. The Kier molecular flexibility index (Phi) is 12.2. The molecule has 4 aromatic rings. The number of hydrogen-bond acceptors (Lipinski definition) is 3. The summed E-state index contributed by atoms with van der Waals surface area (Å²) in [6, 6.07) is 8.26. The Hall–Kier alpha value is -2.69. The Morgan fingerprint density at radius 2 is 1.28 bits per heavy atom. The molecule has 0 aliphatic rings. The zero-order valence-corrected chi connectivity index (χ0v) is 18.6. The summed E-state index contributed by atoms with van der Waals surface area (Å²) >= 11 is 0. The lowest BCUT2D eigenvalue weighted by Crippen LogP contribution is -1.93. The molecule has 0 saturated carbocycles.